The summed E-state index contributed by atoms with van der Waals surface area (Å²) < 4.78 is 17.4. The number of esters is 1. The van der Waals surface area contributed by atoms with E-state index < -0.39 is 23.5 Å². The molecule has 50 heavy (non-hydrogen) atoms. The van der Waals surface area contributed by atoms with Gasteiger partial charge in [0.15, 0.2) is 11.5 Å². The van der Waals surface area contributed by atoms with Crippen LogP contribution in [0.15, 0.2) is 54.2 Å². The minimum Gasteiger partial charge on any atom is -0.493 e. The van der Waals surface area contributed by atoms with Crippen molar-refractivity contribution in [3.8, 4) is 11.5 Å². The number of thiophene rings is 2. The normalized spacial score (nSPS) is 15.7. The molecule has 0 aliphatic carbocycles. The Labute approximate surface area is 308 Å². The second-order valence-corrected chi connectivity index (χ2v) is 15.2. The predicted molar refractivity (Wildman–Crippen MR) is 191 cm³/mol. The minimum absolute atomic E-state index is 0.105. The van der Waals surface area contributed by atoms with Crippen LogP contribution in [-0.2, 0) is 28.1 Å². The van der Waals surface area contributed by atoms with Crippen molar-refractivity contribution < 1.29 is 44.0 Å². The molecule has 1 aromatic carbocycles. The number of likely N-dealkylation sites (tertiary alicyclic amines) is 1. The number of hydrogen-bond donors (Lipinski definition) is 4. The molecule has 268 valence electrons. The number of benzene rings is 1. The molecule has 0 radical (unpaired) electrons. The third-order valence-electron chi connectivity index (χ3n) is 8.90. The first-order valence-corrected chi connectivity index (χ1v) is 18.4. The Hall–Kier alpha value is -3.43. The van der Waals surface area contributed by atoms with Crippen LogP contribution >= 0.6 is 45.9 Å². The van der Waals surface area contributed by atoms with Crippen molar-refractivity contribution in [1.82, 2.24) is 10.2 Å². The molecule has 0 saturated carbocycles. The van der Waals surface area contributed by atoms with Crippen LogP contribution in [-0.4, -0.2) is 79.8 Å². The van der Waals surface area contributed by atoms with Crippen molar-refractivity contribution in [3.05, 3.63) is 95.5 Å². The number of hydrogen-bond acceptors (Lipinski definition) is 11. The van der Waals surface area contributed by atoms with Gasteiger partial charge in [-0.3, -0.25) is 5.21 Å². The van der Waals surface area contributed by atoms with Gasteiger partial charge in [-0.15, -0.1) is 22.7 Å². The second-order valence-electron chi connectivity index (χ2n) is 12.3. The molecule has 3 aromatic heterocycles. The van der Waals surface area contributed by atoms with Crippen LogP contribution < -0.4 is 19.5 Å². The number of nitrogens with zero attached hydrogens (tertiary/aromatic N) is 2. The number of aromatic carboxylic acids is 1. The highest BCUT2D eigenvalue weighted by atomic mass is 35.5. The fourth-order valence-corrected chi connectivity index (χ4v) is 8.52. The molecule has 1 fully saturated rings. The second kappa shape index (κ2) is 16.7. The highest BCUT2D eigenvalue weighted by Crippen LogP contribution is 2.41. The predicted octanol–water partition coefficient (Wildman–Crippen LogP) is 5.59. The van der Waals surface area contributed by atoms with Crippen LogP contribution in [0.3, 0.4) is 0 Å². The number of methoxy groups -OCH3 is 2. The summed E-state index contributed by atoms with van der Waals surface area (Å²) in [6.45, 7) is 2.12. The minimum atomic E-state index is -1.93. The maximum atomic E-state index is 13.4. The van der Waals surface area contributed by atoms with E-state index in [2.05, 4.69) is 17.3 Å². The molecule has 0 spiro atoms. The lowest BCUT2D eigenvalue weighted by Gasteiger charge is -2.30. The van der Waals surface area contributed by atoms with E-state index >= 15 is 0 Å². The lowest BCUT2D eigenvalue weighted by molar-refractivity contribution is -0.904. The monoisotopic (exact) mass is 764 g/mol. The molecular formula is C35H40Cl2N3O8S2+. The first-order chi connectivity index (χ1) is 23.9. The van der Waals surface area contributed by atoms with Crippen molar-refractivity contribution >= 4 is 57.8 Å². The summed E-state index contributed by atoms with van der Waals surface area (Å²) in [4.78, 5) is 29.5. The maximum Gasteiger partial charge on any atom is 0.346 e. The zero-order chi connectivity index (χ0) is 36.0. The summed E-state index contributed by atoms with van der Waals surface area (Å²) in [5.74, 6) is -1.21. The highest BCUT2D eigenvalue weighted by molar-refractivity contribution is 7.14. The number of halogens is 2. The number of carbonyl (C=O) groups is 2. The average Bonchev–Trinajstić information content (AvgIpc) is 3.79. The topological polar surface area (TPSA) is 142 Å². The zero-order valence-electron chi connectivity index (χ0n) is 27.9. The molecule has 0 bridgehead atoms. The molecule has 1 aliphatic heterocycles. The molecule has 4 N–H and O–H groups in total. The van der Waals surface area contributed by atoms with Gasteiger partial charge < -0.3 is 34.6 Å². The fraction of sp³-hybridized carbons (Fsp3) is 0.400. The molecule has 15 heteroatoms. The standard InChI is InChI=1S/C35H39Cl2N3O8S2/c1-39-10-8-21(9-11-39)19-48-34(43)35(44,31-5-4-12-49-31)20-38-16-23-14-25(32(50-23)33(41)42)24(15-26-27(36)17-40(45)18-28(26)37)22-6-7-29(46-2)30(13-22)47-3/h4-7,12-14,17-18,21,24,38,44H,8-11,15-16,19-20H2,1-3H3,(H-,41,42,45)/p+1/t24-,35?/m0/s1. The third kappa shape index (κ3) is 8.71. The van der Waals surface area contributed by atoms with E-state index in [9.17, 15) is 25.0 Å². The van der Waals surface area contributed by atoms with E-state index in [-0.39, 0.29) is 47.0 Å². The number of nitrogens with one attached hydrogen (secondary N) is 1. The van der Waals surface area contributed by atoms with Gasteiger partial charge in [0, 0.05) is 39.1 Å². The summed E-state index contributed by atoms with van der Waals surface area (Å²) in [5, 5.41) is 37.4. The number of ether oxygens (including phenoxy) is 3. The Morgan fingerprint density at radius 3 is 2.42 bits per heavy atom. The number of piperidine rings is 1. The summed E-state index contributed by atoms with van der Waals surface area (Å²) in [5.41, 5.74) is -0.192. The fourth-order valence-electron chi connectivity index (χ4n) is 6.07. The van der Waals surface area contributed by atoms with Gasteiger partial charge in [-0.2, -0.15) is 0 Å². The molecule has 0 amide bonds. The van der Waals surface area contributed by atoms with E-state index in [4.69, 9.17) is 37.4 Å². The smallest absolute Gasteiger partial charge is 0.346 e. The lowest BCUT2D eigenvalue weighted by Crippen LogP contribution is -2.46. The number of carboxylic acid groups (broad SMARTS) is 1. The molecule has 1 aliphatic rings. The maximum absolute atomic E-state index is 13.4. The van der Waals surface area contributed by atoms with E-state index in [1.165, 1.54) is 38.0 Å². The Bertz CT molecular complexity index is 1770. The van der Waals surface area contributed by atoms with Crippen LogP contribution in [0.4, 0.5) is 0 Å². The van der Waals surface area contributed by atoms with Crippen LogP contribution in [0.25, 0.3) is 0 Å². The van der Waals surface area contributed by atoms with Crippen LogP contribution in [0, 0.1) is 5.92 Å². The van der Waals surface area contributed by atoms with Crippen LogP contribution in [0.5, 0.6) is 11.5 Å². The number of rotatable bonds is 15. The third-order valence-corrected chi connectivity index (χ3v) is 11.7. The van der Waals surface area contributed by atoms with Crippen molar-refractivity contribution in [2.24, 2.45) is 5.92 Å². The first-order valence-electron chi connectivity index (χ1n) is 15.9. The van der Waals surface area contributed by atoms with Crippen LogP contribution in [0.2, 0.25) is 10.0 Å². The van der Waals surface area contributed by atoms with Gasteiger partial charge in [0.1, 0.15) is 14.9 Å². The first kappa shape index (κ1) is 37.8. The van der Waals surface area contributed by atoms with Crippen molar-refractivity contribution in [2.75, 3.05) is 47.5 Å². The molecular weight excluding hydrogens is 725 g/mol. The van der Waals surface area contributed by atoms with E-state index in [1.807, 2.05) is 6.07 Å². The molecule has 11 nitrogen and oxygen atoms in total. The van der Waals surface area contributed by atoms with Gasteiger partial charge in [-0.25, -0.2) is 9.59 Å². The van der Waals surface area contributed by atoms with Gasteiger partial charge in [0.05, 0.1) is 20.8 Å². The van der Waals surface area contributed by atoms with Gasteiger partial charge in [0.25, 0.3) is 0 Å². The molecule has 4 heterocycles. The number of pyridine rings is 1. The molecule has 4 aromatic rings. The number of carboxylic acids is 1. The summed E-state index contributed by atoms with van der Waals surface area (Å²) >= 11 is 15.4. The van der Waals surface area contributed by atoms with Gasteiger partial charge in [-0.1, -0.05) is 35.3 Å². The molecule has 1 unspecified atom stereocenters. The number of aromatic nitrogens is 1. The molecule has 5 rings (SSSR count). The van der Waals surface area contributed by atoms with E-state index in [0.29, 0.717) is 32.4 Å². The van der Waals surface area contributed by atoms with E-state index in [0.717, 1.165) is 47.6 Å². The summed E-state index contributed by atoms with van der Waals surface area (Å²) in [7, 11) is 5.11. The number of aliphatic hydroxyl groups is 1. The average molecular weight is 766 g/mol. The highest BCUT2D eigenvalue weighted by Gasteiger charge is 2.41. The number of carbonyl (C=O) groups excluding carboxylic acids is 1. The quantitative estimate of drug-likeness (QED) is 0.0688. The summed E-state index contributed by atoms with van der Waals surface area (Å²) in [6, 6.07) is 10.6. The lowest BCUT2D eigenvalue weighted by atomic mass is 9.85. The van der Waals surface area contributed by atoms with Crippen molar-refractivity contribution in [3.63, 3.8) is 0 Å². The summed E-state index contributed by atoms with van der Waals surface area (Å²) in [6.07, 6.45) is 4.65. The Morgan fingerprint density at radius 2 is 1.80 bits per heavy atom. The van der Waals surface area contributed by atoms with Gasteiger partial charge in [-0.05, 0) is 86.1 Å². The van der Waals surface area contributed by atoms with Gasteiger partial charge >= 0.3 is 11.9 Å². The Balaban J connectivity index is 1.41. The largest absolute Gasteiger partial charge is 0.493 e. The molecule has 2 atom stereocenters. The SMILES string of the molecule is COc1ccc([C@H](Cc2c(Cl)c[n+](O)cc2Cl)c2cc(CNCC(O)(C(=O)OCC3CCN(C)CC3)c3cccs3)sc2C(=O)O)cc1OC. The molecule has 1 saturated heterocycles. The van der Waals surface area contributed by atoms with Crippen molar-refractivity contribution in [1.29, 1.82) is 0 Å². The zero-order valence-corrected chi connectivity index (χ0v) is 31.0. The Morgan fingerprint density at radius 1 is 1.10 bits per heavy atom. The van der Waals surface area contributed by atoms with Crippen LogP contribution in [0.1, 0.15) is 54.9 Å². The van der Waals surface area contributed by atoms with Crippen molar-refractivity contribution in [2.45, 2.75) is 37.3 Å². The van der Waals surface area contributed by atoms with E-state index in [1.54, 1.807) is 35.7 Å². The Kier molecular flexibility index (Phi) is 12.6. The van der Waals surface area contributed by atoms with Gasteiger partial charge in [0.2, 0.25) is 18.0 Å².